The second-order valence-corrected chi connectivity index (χ2v) is 13.1. The van der Waals surface area contributed by atoms with Crippen molar-refractivity contribution in [2.75, 3.05) is 34.0 Å². The first-order valence-corrected chi connectivity index (χ1v) is 16.7. The number of carbonyl (C=O) groups excluding carboxylic acids is 4. The highest BCUT2D eigenvalue weighted by atomic mass is 16.5. The van der Waals surface area contributed by atoms with Gasteiger partial charge in [-0.1, -0.05) is 34.1 Å². The van der Waals surface area contributed by atoms with E-state index in [0.29, 0.717) is 32.6 Å². The number of likely N-dealkylation sites (tertiary alicyclic amines) is 1. The summed E-state index contributed by atoms with van der Waals surface area (Å²) in [5, 5.41) is 5.39. The van der Waals surface area contributed by atoms with Gasteiger partial charge in [0.05, 0.1) is 39.5 Å². The van der Waals surface area contributed by atoms with Gasteiger partial charge in [0.25, 0.3) is 0 Å². The van der Waals surface area contributed by atoms with E-state index in [1.54, 1.807) is 11.1 Å². The number of imidazole rings is 2. The number of aromatic nitrogens is 4. The molecule has 3 amide bonds. The van der Waals surface area contributed by atoms with Crippen LogP contribution < -0.4 is 10.6 Å². The smallest absolute Gasteiger partial charge is 0.407 e. The summed E-state index contributed by atoms with van der Waals surface area (Å²) in [5.41, 5.74) is 1.87. The molecule has 47 heavy (non-hydrogen) atoms. The number of Topliss-reactive ketones (excluding diaryl/α,β-unsaturated/α-hetero) is 1. The maximum atomic E-state index is 13.4. The van der Waals surface area contributed by atoms with Crippen LogP contribution in [0.1, 0.15) is 94.8 Å². The minimum absolute atomic E-state index is 0.0337. The number of carbonyl (C=O) groups is 4. The van der Waals surface area contributed by atoms with Crippen LogP contribution in [0.3, 0.4) is 0 Å². The van der Waals surface area contributed by atoms with Gasteiger partial charge in [0.1, 0.15) is 17.7 Å². The zero-order valence-electron chi connectivity index (χ0n) is 28.5. The number of alkyl carbamates (subject to hydrolysis) is 2. The molecule has 4 rings (SSSR count). The molecule has 3 heterocycles. The van der Waals surface area contributed by atoms with Gasteiger partial charge in [-0.3, -0.25) is 9.59 Å². The third-order valence-electron chi connectivity index (χ3n) is 9.25. The maximum absolute atomic E-state index is 13.4. The van der Waals surface area contributed by atoms with Crippen molar-refractivity contribution in [3.8, 4) is 0 Å². The number of hydrogen-bond donors (Lipinski definition) is 4. The number of methoxy groups -OCH3 is 2. The van der Waals surface area contributed by atoms with Crippen molar-refractivity contribution in [2.45, 2.75) is 96.7 Å². The lowest BCUT2D eigenvalue weighted by Gasteiger charge is -2.30. The number of nitrogens with zero attached hydrogens (tertiary/aromatic N) is 3. The van der Waals surface area contributed by atoms with Crippen molar-refractivity contribution in [1.29, 1.82) is 0 Å². The highest BCUT2D eigenvalue weighted by molar-refractivity contribution is 5.90. The first kappa shape index (κ1) is 35.9. The topological polar surface area (TPSA) is 181 Å². The first-order valence-electron chi connectivity index (χ1n) is 16.7. The number of aromatic amines is 2. The number of hydrogen-bond acceptors (Lipinski definition) is 9. The zero-order valence-corrected chi connectivity index (χ0v) is 28.5. The summed E-state index contributed by atoms with van der Waals surface area (Å²) in [4.78, 5) is 68.2. The molecule has 1 aliphatic carbocycles. The van der Waals surface area contributed by atoms with Gasteiger partial charge in [-0.15, -0.1) is 0 Å². The molecular formula is C33H51N7O7. The van der Waals surface area contributed by atoms with E-state index in [1.165, 1.54) is 14.2 Å². The third-order valence-corrected chi connectivity index (χ3v) is 9.25. The fourth-order valence-corrected chi connectivity index (χ4v) is 6.67. The molecule has 1 unspecified atom stereocenters. The van der Waals surface area contributed by atoms with Gasteiger partial charge in [-0.25, -0.2) is 19.6 Å². The number of ether oxygens (including phenoxy) is 3. The zero-order chi connectivity index (χ0) is 34.1. The molecule has 260 valence electrons. The van der Waals surface area contributed by atoms with E-state index in [2.05, 4.69) is 30.6 Å². The Labute approximate surface area is 276 Å². The molecule has 0 aromatic carbocycles. The lowest BCUT2D eigenvalue weighted by molar-refractivity contribution is -0.135. The van der Waals surface area contributed by atoms with Crippen molar-refractivity contribution < 1.29 is 33.4 Å². The lowest BCUT2D eigenvalue weighted by Crippen LogP contribution is -2.51. The fraction of sp³-hybridized carbons (Fsp3) is 0.697. The molecule has 2 aliphatic rings. The largest absolute Gasteiger partial charge is 0.453 e. The minimum atomic E-state index is -0.675. The van der Waals surface area contributed by atoms with Crippen molar-refractivity contribution >= 4 is 23.9 Å². The van der Waals surface area contributed by atoms with E-state index in [9.17, 15) is 19.2 Å². The third kappa shape index (κ3) is 9.11. The van der Waals surface area contributed by atoms with Crippen LogP contribution in [-0.4, -0.2) is 94.8 Å². The Kier molecular flexibility index (Phi) is 12.8. The molecule has 1 aliphatic heterocycles. The minimum Gasteiger partial charge on any atom is -0.453 e. The van der Waals surface area contributed by atoms with E-state index >= 15 is 0 Å². The van der Waals surface area contributed by atoms with Gasteiger partial charge in [-0.2, -0.15) is 0 Å². The van der Waals surface area contributed by atoms with Crippen molar-refractivity contribution in [1.82, 2.24) is 35.5 Å². The lowest BCUT2D eigenvalue weighted by atomic mass is 9.83. The van der Waals surface area contributed by atoms with Crippen LogP contribution >= 0.6 is 0 Å². The fourth-order valence-electron chi connectivity index (χ4n) is 6.67. The van der Waals surface area contributed by atoms with E-state index in [-0.39, 0.29) is 41.4 Å². The normalized spacial score (nSPS) is 20.8. The maximum Gasteiger partial charge on any atom is 0.407 e. The second-order valence-electron chi connectivity index (χ2n) is 13.1. The van der Waals surface area contributed by atoms with Crippen molar-refractivity contribution in [3.63, 3.8) is 0 Å². The van der Waals surface area contributed by atoms with Crippen LogP contribution in [0.25, 0.3) is 0 Å². The number of nitrogens with one attached hydrogen (secondary N) is 4. The number of H-pyrrole nitrogens is 2. The molecule has 2 aromatic heterocycles. The molecule has 1 saturated heterocycles. The predicted molar refractivity (Wildman–Crippen MR) is 173 cm³/mol. The standard InChI is InChI=1S/C33H51N7O7/c1-19(2)27(38-32(43)45-5)29(41)23-10-7-9-22(23)24-18-34-26(37-24)13-16-47-15-12-21-17-35-30(36-21)25-11-8-14-40(25)31(42)28(20(3)4)39-33(44)46-6/h17-20,22-23,25,27-28H,7-16H2,1-6H3,(H,34,37)(H,35,36)(H,38,43)(H,39,44)/t22-,23?,25-,27-,28-/m1/s1. The van der Waals surface area contributed by atoms with E-state index in [0.717, 1.165) is 55.1 Å². The van der Waals surface area contributed by atoms with Crippen LogP contribution in [0, 0.1) is 17.8 Å². The molecule has 14 heteroatoms. The van der Waals surface area contributed by atoms with E-state index in [1.807, 2.05) is 33.9 Å². The Morgan fingerprint density at radius 1 is 0.872 bits per heavy atom. The molecule has 0 spiro atoms. The van der Waals surface area contributed by atoms with Gasteiger partial charge in [-0.05, 0) is 37.5 Å². The highest BCUT2D eigenvalue weighted by Gasteiger charge is 2.40. The number of amides is 3. The Hall–Kier alpha value is -3.94. The Morgan fingerprint density at radius 2 is 1.55 bits per heavy atom. The van der Waals surface area contributed by atoms with Gasteiger partial charge >= 0.3 is 12.2 Å². The van der Waals surface area contributed by atoms with Crippen LogP contribution in [0.4, 0.5) is 9.59 Å². The van der Waals surface area contributed by atoms with Gasteiger partial charge in [0.2, 0.25) is 5.91 Å². The molecule has 4 N–H and O–H groups in total. The molecule has 0 bridgehead atoms. The molecule has 1 saturated carbocycles. The Bertz CT molecular complexity index is 1260. The summed E-state index contributed by atoms with van der Waals surface area (Å²) in [7, 11) is 2.58. The molecular weight excluding hydrogens is 606 g/mol. The highest BCUT2D eigenvalue weighted by Crippen LogP contribution is 2.40. The summed E-state index contributed by atoms with van der Waals surface area (Å²) in [6.07, 6.45) is 7.89. The quantitative estimate of drug-likeness (QED) is 0.207. The van der Waals surface area contributed by atoms with Crippen LogP contribution in [0.2, 0.25) is 0 Å². The average molecular weight is 658 g/mol. The van der Waals surface area contributed by atoms with E-state index < -0.39 is 24.3 Å². The van der Waals surface area contributed by atoms with Crippen molar-refractivity contribution in [2.24, 2.45) is 17.8 Å². The molecule has 2 fully saturated rings. The van der Waals surface area contributed by atoms with Gasteiger partial charge in [0.15, 0.2) is 5.78 Å². The second kappa shape index (κ2) is 16.8. The van der Waals surface area contributed by atoms with Crippen molar-refractivity contribution in [3.05, 3.63) is 35.4 Å². The molecule has 0 radical (unpaired) electrons. The summed E-state index contributed by atoms with van der Waals surface area (Å²) in [6, 6.07) is -1.45. The van der Waals surface area contributed by atoms with Gasteiger partial charge in [0, 0.05) is 55.0 Å². The Balaban J connectivity index is 1.24. The summed E-state index contributed by atoms with van der Waals surface area (Å²) in [5.74, 6) is 1.14. The summed E-state index contributed by atoms with van der Waals surface area (Å²) in [6.45, 7) is 9.20. The summed E-state index contributed by atoms with van der Waals surface area (Å²) < 4.78 is 15.4. The molecule has 5 atom stereocenters. The van der Waals surface area contributed by atoms with E-state index in [4.69, 9.17) is 14.2 Å². The monoisotopic (exact) mass is 657 g/mol. The average Bonchev–Trinajstić information content (AvgIpc) is 3.87. The summed E-state index contributed by atoms with van der Waals surface area (Å²) >= 11 is 0. The van der Waals surface area contributed by atoms with Gasteiger partial charge < -0.3 is 39.7 Å². The van der Waals surface area contributed by atoms with Crippen LogP contribution in [0.15, 0.2) is 12.4 Å². The number of rotatable bonds is 15. The first-order chi connectivity index (χ1) is 22.5. The Morgan fingerprint density at radius 3 is 2.23 bits per heavy atom. The van der Waals surface area contributed by atoms with Crippen LogP contribution in [-0.2, 0) is 36.6 Å². The predicted octanol–water partition coefficient (Wildman–Crippen LogP) is 3.81. The van der Waals surface area contributed by atoms with Crippen LogP contribution in [0.5, 0.6) is 0 Å². The number of ketones is 1. The molecule has 2 aromatic rings. The molecule has 14 nitrogen and oxygen atoms in total. The SMILES string of the molecule is COC(=O)N[C@@H](C(=O)C1CCC[C@H]1c1cnc(CCOCCc2cnc([C@H]3CCCN3C(=O)[C@H](NC(=O)OC)C(C)C)[nH]2)[nH]1)C(C)C.